The SMILES string of the molecule is CC1Cc2c(C(N)=O)nn(-c3ccc(F)cc3F)c2-c2cc(NC(=O)c3ccncc3Cl)ccc21. The predicted molar refractivity (Wildman–Crippen MR) is 127 cm³/mol. The highest BCUT2D eigenvalue weighted by Crippen LogP contribution is 2.43. The molecule has 0 radical (unpaired) electrons. The number of aromatic nitrogens is 3. The molecule has 0 aliphatic heterocycles. The lowest BCUT2D eigenvalue weighted by molar-refractivity contribution is 0.0992. The van der Waals surface area contributed by atoms with Crippen LogP contribution in [0.2, 0.25) is 5.02 Å². The van der Waals surface area contributed by atoms with E-state index >= 15 is 0 Å². The summed E-state index contributed by atoms with van der Waals surface area (Å²) >= 11 is 6.09. The van der Waals surface area contributed by atoms with Gasteiger partial charge in [-0.25, -0.2) is 13.5 Å². The summed E-state index contributed by atoms with van der Waals surface area (Å²) in [6, 6.07) is 9.93. The molecule has 1 aliphatic carbocycles. The second-order valence-electron chi connectivity index (χ2n) is 8.26. The van der Waals surface area contributed by atoms with Gasteiger partial charge in [0.15, 0.2) is 11.5 Å². The maximum Gasteiger partial charge on any atom is 0.269 e. The number of pyridine rings is 1. The third kappa shape index (κ3) is 3.93. The van der Waals surface area contributed by atoms with Crippen LogP contribution in [0.5, 0.6) is 0 Å². The molecule has 2 heterocycles. The van der Waals surface area contributed by atoms with Gasteiger partial charge in [-0.3, -0.25) is 14.6 Å². The number of fused-ring (bicyclic) bond motifs is 3. The maximum atomic E-state index is 14.8. The van der Waals surface area contributed by atoms with Crippen LogP contribution < -0.4 is 11.1 Å². The van der Waals surface area contributed by atoms with Gasteiger partial charge in [0.05, 0.1) is 16.3 Å². The number of halogens is 3. The van der Waals surface area contributed by atoms with Crippen LogP contribution in [0.4, 0.5) is 14.5 Å². The minimum absolute atomic E-state index is 0.00860. The first-order valence-electron chi connectivity index (χ1n) is 10.7. The number of carbonyl (C=O) groups excluding carboxylic acids is 2. The highest BCUT2D eigenvalue weighted by molar-refractivity contribution is 6.34. The Morgan fingerprint density at radius 3 is 2.69 bits per heavy atom. The summed E-state index contributed by atoms with van der Waals surface area (Å²) in [7, 11) is 0. The first-order valence-corrected chi connectivity index (χ1v) is 11.0. The molecule has 2 aromatic carbocycles. The fraction of sp³-hybridized carbons (Fsp3) is 0.120. The van der Waals surface area contributed by atoms with Crippen LogP contribution in [0.3, 0.4) is 0 Å². The average Bonchev–Trinajstić information content (AvgIpc) is 3.19. The average molecular weight is 494 g/mol. The maximum absolute atomic E-state index is 14.8. The number of hydrogen-bond donors (Lipinski definition) is 2. The molecule has 5 rings (SSSR count). The van der Waals surface area contributed by atoms with Crippen LogP contribution in [0.1, 0.15) is 44.8 Å². The molecule has 4 aromatic rings. The number of hydrogen-bond acceptors (Lipinski definition) is 4. The van der Waals surface area contributed by atoms with Gasteiger partial charge in [0, 0.05) is 35.3 Å². The van der Waals surface area contributed by atoms with Crippen molar-refractivity contribution >= 4 is 29.1 Å². The molecule has 35 heavy (non-hydrogen) atoms. The van der Waals surface area contributed by atoms with Crippen molar-refractivity contribution in [3.63, 3.8) is 0 Å². The fourth-order valence-corrected chi connectivity index (χ4v) is 4.59. The predicted octanol–water partition coefficient (Wildman–Crippen LogP) is 4.88. The minimum Gasteiger partial charge on any atom is -0.364 e. The highest BCUT2D eigenvalue weighted by Gasteiger charge is 2.32. The third-order valence-electron chi connectivity index (χ3n) is 5.98. The molecule has 0 saturated heterocycles. The molecule has 1 unspecified atom stereocenters. The Morgan fingerprint density at radius 1 is 1.17 bits per heavy atom. The number of anilines is 1. The first-order chi connectivity index (χ1) is 16.7. The second-order valence-corrected chi connectivity index (χ2v) is 8.67. The van der Waals surface area contributed by atoms with Crippen molar-refractivity contribution in [1.82, 2.24) is 14.8 Å². The van der Waals surface area contributed by atoms with Gasteiger partial charge in [0.2, 0.25) is 0 Å². The molecule has 0 spiro atoms. The Labute approximate surface area is 203 Å². The molecule has 0 saturated carbocycles. The Balaban J connectivity index is 1.66. The summed E-state index contributed by atoms with van der Waals surface area (Å²) in [6.45, 7) is 1.98. The van der Waals surface area contributed by atoms with Crippen molar-refractivity contribution in [3.8, 4) is 16.9 Å². The number of amides is 2. The van der Waals surface area contributed by atoms with Crippen LogP contribution in [0, 0.1) is 11.6 Å². The third-order valence-corrected chi connectivity index (χ3v) is 6.28. The quantitative estimate of drug-likeness (QED) is 0.423. The molecule has 1 atom stereocenters. The zero-order valence-corrected chi connectivity index (χ0v) is 19.1. The van der Waals surface area contributed by atoms with Crippen LogP contribution in [0.25, 0.3) is 16.9 Å². The minimum atomic E-state index is -0.844. The first kappa shape index (κ1) is 22.7. The summed E-state index contributed by atoms with van der Waals surface area (Å²) in [5, 5.41) is 7.31. The van der Waals surface area contributed by atoms with Crippen molar-refractivity contribution in [1.29, 1.82) is 0 Å². The van der Waals surface area contributed by atoms with Gasteiger partial charge in [0.25, 0.3) is 11.8 Å². The lowest BCUT2D eigenvalue weighted by Crippen LogP contribution is -2.17. The highest BCUT2D eigenvalue weighted by atomic mass is 35.5. The van der Waals surface area contributed by atoms with E-state index in [0.29, 0.717) is 28.9 Å². The lowest BCUT2D eigenvalue weighted by atomic mass is 9.81. The zero-order valence-electron chi connectivity index (χ0n) is 18.3. The van der Waals surface area contributed by atoms with Gasteiger partial charge in [-0.05, 0) is 48.2 Å². The Morgan fingerprint density at radius 2 is 1.97 bits per heavy atom. The fourth-order valence-electron chi connectivity index (χ4n) is 4.39. The van der Waals surface area contributed by atoms with Gasteiger partial charge >= 0.3 is 0 Å². The number of primary amides is 1. The van der Waals surface area contributed by atoms with Gasteiger partial charge in [0.1, 0.15) is 11.5 Å². The molecule has 0 bridgehead atoms. The number of rotatable bonds is 4. The number of nitrogens with one attached hydrogen (secondary N) is 1. The smallest absolute Gasteiger partial charge is 0.269 e. The molecule has 1 aliphatic rings. The summed E-state index contributed by atoms with van der Waals surface area (Å²) in [4.78, 5) is 28.9. The van der Waals surface area contributed by atoms with E-state index in [9.17, 15) is 18.4 Å². The molecule has 7 nitrogen and oxygen atoms in total. The molecule has 2 amide bonds. The molecule has 0 fully saturated rings. The molecule has 10 heteroatoms. The molecular weight excluding hydrogens is 476 g/mol. The Kier molecular flexibility index (Phi) is 5.56. The van der Waals surface area contributed by atoms with Gasteiger partial charge in [-0.1, -0.05) is 24.6 Å². The van der Waals surface area contributed by atoms with E-state index in [1.54, 1.807) is 12.1 Å². The van der Waals surface area contributed by atoms with E-state index in [-0.39, 0.29) is 27.9 Å². The van der Waals surface area contributed by atoms with Crippen LogP contribution in [-0.2, 0) is 6.42 Å². The Bertz CT molecular complexity index is 1520. The molecular formula is C25H18ClF2N5O2. The van der Waals surface area contributed by atoms with Gasteiger partial charge < -0.3 is 11.1 Å². The van der Waals surface area contributed by atoms with Crippen molar-refractivity contribution in [2.45, 2.75) is 19.3 Å². The van der Waals surface area contributed by atoms with Crippen molar-refractivity contribution in [3.05, 3.63) is 93.9 Å². The summed E-state index contributed by atoms with van der Waals surface area (Å²) in [5.74, 6) is -2.78. The van der Waals surface area contributed by atoms with E-state index in [1.165, 1.54) is 29.2 Å². The number of benzene rings is 2. The number of nitrogens with two attached hydrogens (primary N) is 1. The van der Waals surface area contributed by atoms with Crippen molar-refractivity contribution < 1.29 is 18.4 Å². The van der Waals surface area contributed by atoms with E-state index in [0.717, 1.165) is 17.7 Å². The molecule has 176 valence electrons. The summed E-state index contributed by atoms with van der Waals surface area (Å²) in [6.07, 6.45) is 3.28. The standard InChI is InChI=1S/C25H18ClF2N5O2/c1-12-8-18-22(24(29)34)32-33(21-5-2-13(27)9-20(21)28)23(18)17-10-14(3-4-15(12)17)31-25(35)16-6-7-30-11-19(16)26/h2-7,9-12H,8H2,1H3,(H2,29,34)(H,31,35). The monoisotopic (exact) mass is 493 g/mol. The normalized spacial score (nSPS) is 14.2. The van der Waals surface area contributed by atoms with E-state index in [1.807, 2.05) is 13.0 Å². The summed E-state index contributed by atoms with van der Waals surface area (Å²) < 4.78 is 29.6. The van der Waals surface area contributed by atoms with Crippen LogP contribution >= 0.6 is 11.6 Å². The van der Waals surface area contributed by atoms with E-state index in [4.69, 9.17) is 17.3 Å². The largest absolute Gasteiger partial charge is 0.364 e. The van der Waals surface area contributed by atoms with Crippen LogP contribution in [-0.4, -0.2) is 26.6 Å². The van der Waals surface area contributed by atoms with Crippen molar-refractivity contribution in [2.24, 2.45) is 5.73 Å². The zero-order chi connectivity index (χ0) is 24.9. The van der Waals surface area contributed by atoms with E-state index in [2.05, 4.69) is 15.4 Å². The number of nitrogens with zero attached hydrogens (tertiary/aromatic N) is 3. The van der Waals surface area contributed by atoms with Gasteiger partial charge in [-0.2, -0.15) is 5.10 Å². The second kappa shape index (κ2) is 8.59. The topological polar surface area (TPSA) is 103 Å². The van der Waals surface area contributed by atoms with E-state index < -0.39 is 23.4 Å². The van der Waals surface area contributed by atoms with Crippen molar-refractivity contribution in [2.75, 3.05) is 5.32 Å². The molecule has 2 aromatic heterocycles. The molecule has 3 N–H and O–H groups in total. The summed E-state index contributed by atoms with van der Waals surface area (Å²) in [5.41, 5.74) is 8.84. The van der Waals surface area contributed by atoms with Crippen LogP contribution in [0.15, 0.2) is 54.9 Å². The lowest BCUT2D eigenvalue weighted by Gasteiger charge is -2.25. The number of carbonyl (C=O) groups is 2. The van der Waals surface area contributed by atoms with Gasteiger partial charge in [-0.15, -0.1) is 0 Å². The Hall–Kier alpha value is -4.11.